The lowest BCUT2D eigenvalue weighted by Crippen LogP contribution is -2.51. The maximum atomic E-state index is 13.7. The molecular formula is C29H39Cl2N3O5S. The molecule has 0 aliphatic heterocycles. The van der Waals surface area contributed by atoms with Crippen molar-refractivity contribution in [2.75, 3.05) is 24.2 Å². The first-order valence-corrected chi connectivity index (χ1v) is 16.3. The first-order chi connectivity index (χ1) is 19.0. The van der Waals surface area contributed by atoms with Gasteiger partial charge in [-0.2, -0.15) is 0 Å². The van der Waals surface area contributed by atoms with Crippen LogP contribution in [0.15, 0.2) is 42.5 Å². The third kappa shape index (κ3) is 9.01. The van der Waals surface area contributed by atoms with Gasteiger partial charge in [-0.15, -0.1) is 0 Å². The number of carbonyl (C=O) groups excluding carboxylic acids is 2. The second-order valence-electron chi connectivity index (χ2n) is 10.2. The van der Waals surface area contributed by atoms with Crippen LogP contribution in [0.25, 0.3) is 0 Å². The third-order valence-corrected chi connectivity index (χ3v) is 9.10. The number of hydrogen-bond acceptors (Lipinski definition) is 5. The number of ether oxygens (including phenoxy) is 1. The van der Waals surface area contributed by atoms with Crippen molar-refractivity contribution in [3.8, 4) is 5.75 Å². The zero-order valence-corrected chi connectivity index (χ0v) is 25.7. The van der Waals surface area contributed by atoms with Crippen molar-refractivity contribution in [3.63, 3.8) is 0 Å². The number of nitrogens with zero attached hydrogens (tertiary/aromatic N) is 2. The van der Waals surface area contributed by atoms with Gasteiger partial charge in [0.1, 0.15) is 11.8 Å². The van der Waals surface area contributed by atoms with Crippen LogP contribution in [0.4, 0.5) is 5.69 Å². The van der Waals surface area contributed by atoms with Gasteiger partial charge in [-0.05, 0) is 55.5 Å². The monoisotopic (exact) mass is 611 g/mol. The average Bonchev–Trinajstić information content (AvgIpc) is 2.92. The molecule has 2 aromatic rings. The van der Waals surface area contributed by atoms with Crippen molar-refractivity contribution in [2.45, 2.75) is 76.9 Å². The van der Waals surface area contributed by atoms with Crippen molar-refractivity contribution in [1.29, 1.82) is 0 Å². The van der Waals surface area contributed by atoms with Crippen LogP contribution in [0, 0.1) is 0 Å². The van der Waals surface area contributed by atoms with Crippen molar-refractivity contribution in [2.24, 2.45) is 0 Å². The molecule has 0 radical (unpaired) electrons. The molecule has 40 heavy (non-hydrogen) atoms. The topological polar surface area (TPSA) is 96.0 Å². The molecule has 1 unspecified atom stereocenters. The van der Waals surface area contributed by atoms with Crippen molar-refractivity contribution < 1.29 is 22.7 Å². The number of anilines is 1. The molecule has 0 aromatic heterocycles. The highest BCUT2D eigenvalue weighted by Crippen LogP contribution is 2.26. The van der Waals surface area contributed by atoms with Crippen LogP contribution in [0.3, 0.4) is 0 Å². The number of carbonyl (C=O) groups is 2. The second kappa shape index (κ2) is 14.9. The van der Waals surface area contributed by atoms with E-state index < -0.39 is 16.1 Å². The van der Waals surface area contributed by atoms with Crippen LogP contribution in [0.1, 0.15) is 63.9 Å². The van der Waals surface area contributed by atoms with Gasteiger partial charge in [-0.1, -0.05) is 61.5 Å². The predicted octanol–water partition coefficient (Wildman–Crippen LogP) is 5.80. The Morgan fingerprint density at radius 3 is 2.42 bits per heavy atom. The fraction of sp³-hybridized carbons (Fsp3) is 0.517. The molecule has 1 fully saturated rings. The Balaban J connectivity index is 1.78. The Bertz CT molecular complexity index is 1270. The van der Waals surface area contributed by atoms with E-state index in [-0.39, 0.29) is 43.8 Å². The van der Waals surface area contributed by atoms with Gasteiger partial charge in [-0.25, -0.2) is 8.42 Å². The molecular weight excluding hydrogens is 573 g/mol. The Morgan fingerprint density at radius 1 is 1.07 bits per heavy atom. The normalized spacial score (nSPS) is 14.8. The van der Waals surface area contributed by atoms with Crippen molar-refractivity contribution in [1.82, 2.24) is 10.2 Å². The highest BCUT2D eigenvalue weighted by Gasteiger charge is 2.30. The summed E-state index contributed by atoms with van der Waals surface area (Å²) in [4.78, 5) is 28.6. The summed E-state index contributed by atoms with van der Waals surface area (Å²) in [7, 11) is -2.09. The summed E-state index contributed by atoms with van der Waals surface area (Å²) in [6, 6.07) is 11.4. The van der Waals surface area contributed by atoms with Gasteiger partial charge >= 0.3 is 0 Å². The Kier molecular flexibility index (Phi) is 12.0. The van der Waals surface area contributed by atoms with Gasteiger partial charge in [0, 0.05) is 31.6 Å². The number of hydrogen-bond donors (Lipinski definition) is 1. The summed E-state index contributed by atoms with van der Waals surface area (Å²) in [6.45, 7) is 2.16. The minimum atomic E-state index is -3.61. The van der Waals surface area contributed by atoms with Crippen LogP contribution in [-0.2, 0) is 26.2 Å². The molecule has 1 atom stereocenters. The van der Waals surface area contributed by atoms with Gasteiger partial charge in [-0.3, -0.25) is 13.9 Å². The standard InChI is InChI=1S/C29H39Cl2N3O5S/c1-4-27(29(36)32-22-10-6-5-7-11-22)33(20-21-15-16-25(30)26(31)18-21)28(35)14-9-17-34(40(3,37)38)23-12-8-13-24(19-23)39-2/h8,12-13,15-16,18-19,22,27H,4-7,9-11,14,17,20H2,1-3H3,(H,32,36). The molecule has 0 spiro atoms. The SMILES string of the molecule is CCC(C(=O)NC1CCCCC1)N(Cc1ccc(Cl)c(Cl)c1)C(=O)CCCN(c1cccc(OC)c1)S(C)(=O)=O. The number of methoxy groups -OCH3 is 1. The van der Waals surface area contributed by atoms with E-state index in [4.69, 9.17) is 27.9 Å². The van der Waals surface area contributed by atoms with E-state index in [0.29, 0.717) is 27.9 Å². The van der Waals surface area contributed by atoms with Gasteiger partial charge in [0.05, 0.1) is 29.1 Å². The van der Waals surface area contributed by atoms with Crippen LogP contribution in [0.5, 0.6) is 5.75 Å². The summed E-state index contributed by atoms with van der Waals surface area (Å²) in [6.07, 6.45) is 7.11. The van der Waals surface area contributed by atoms with E-state index >= 15 is 0 Å². The van der Waals surface area contributed by atoms with Gasteiger partial charge < -0.3 is 15.0 Å². The number of rotatable bonds is 13. The van der Waals surface area contributed by atoms with Crippen molar-refractivity contribution in [3.05, 3.63) is 58.1 Å². The van der Waals surface area contributed by atoms with E-state index in [0.717, 1.165) is 37.5 Å². The lowest BCUT2D eigenvalue weighted by molar-refractivity contribution is -0.141. The van der Waals surface area contributed by atoms with Gasteiger partial charge in [0.25, 0.3) is 0 Å². The summed E-state index contributed by atoms with van der Waals surface area (Å²) < 4.78 is 31.7. The zero-order chi connectivity index (χ0) is 29.3. The quantitative estimate of drug-likeness (QED) is 0.308. The van der Waals surface area contributed by atoms with Crippen molar-refractivity contribution >= 4 is 50.7 Å². The molecule has 0 heterocycles. The summed E-state index contributed by atoms with van der Waals surface area (Å²) in [5.74, 6) is 0.123. The zero-order valence-electron chi connectivity index (χ0n) is 23.4. The summed E-state index contributed by atoms with van der Waals surface area (Å²) >= 11 is 12.3. The van der Waals surface area contributed by atoms with E-state index in [1.54, 1.807) is 47.4 Å². The lowest BCUT2D eigenvalue weighted by atomic mass is 9.95. The number of halogens is 2. The van der Waals surface area contributed by atoms with E-state index in [1.165, 1.54) is 17.8 Å². The lowest BCUT2D eigenvalue weighted by Gasteiger charge is -2.33. The van der Waals surface area contributed by atoms with E-state index in [2.05, 4.69) is 5.32 Å². The van der Waals surface area contributed by atoms with Crippen LogP contribution < -0.4 is 14.4 Å². The minimum absolute atomic E-state index is 0.0600. The predicted molar refractivity (Wildman–Crippen MR) is 161 cm³/mol. The molecule has 2 aromatic carbocycles. The minimum Gasteiger partial charge on any atom is -0.497 e. The number of sulfonamides is 1. The Morgan fingerprint density at radius 2 is 1.80 bits per heavy atom. The number of nitrogens with one attached hydrogen (secondary N) is 1. The fourth-order valence-corrected chi connectivity index (χ4v) is 6.35. The maximum absolute atomic E-state index is 13.7. The fourth-order valence-electron chi connectivity index (χ4n) is 5.07. The molecule has 8 nitrogen and oxygen atoms in total. The smallest absolute Gasteiger partial charge is 0.243 e. The molecule has 1 aliphatic rings. The van der Waals surface area contributed by atoms with Crippen LogP contribution >= 0.6 is 23.2 Å². The summed E-state index contributed by atoms with van der Waals surface area (Å²) in [5, 5.41) is 3.93. The molecule has 1 N–H and O–H groups in total. The second-order valence-corrected chi connectivity index (χ2v) is 12.9. The molecule has 2 amide bonds. The molecule has 3 rings (SSSR count). The highest BCUT2D eigenvalue weighted by atomic mass is 35.5. The Labute approximate surface area is 248 Å². The first kappa shape index (κ1) is 32.0. The molecule has 1 saturated carbocycles. The van der Waals surface area contributed by atoms with Gasteiger partial charge in [0.15, 0.2) is 0 Å². The van der Waals surface area contributed by atoms with Gasteiger partial charge in [0.2, 0.25) is 21.8 Å². The third-order valence-electron chi connectivity index (χ3n) is 7.17. The molecule has 1 aliphatic carbocycles. The molecule has 220 valence electrons. The largest absolute Gasteiger partial charge is 0.497 e. The maximum Gasteiger partial charge on any atom is 0.243 e. The average molecular weight is 613 g/mol. The molecule has 11 heteroatoms. The van der Waals surface area contributed by atoms with E-state index in [1.807, 2.05) is 6.92 Å². The van der Waals surface area contributed by atoms with Crippen LogP contribution in [-0.4, -0.2) is 57.1 Å². The Hall–Kier alpha value is -2.49. The highest BCUT2D eigenvalue weighted by molar-refractivity contribution is 7.92. The molecule has 0 saturated heterocycles. The molecule has 0 bridgehead atoms. The van der Waals surface area contributed by atoms with E-state index in [9.17, 15) is 18.0 Å². The summed E-state index contributed by atoms with van der Waals surface area (Å²) in [5.41, 5.74) is 1.21. The number of benzene rings is 2. The number of amides is 2. The van der Waals surface area contributed by atoms with Crippen LogP contribution in [0.2, 0.25) is 10.0 Å². The first-order valence-electron chi connectivity index (χ1n) is 13.7.